The number of nitrogens with one attached hydrogen (secondary N) is 1. The van der Waals surface area contributed by atoms with Crippen molar-refractivity contribution in [3.63, 3.8) is 0 Å². The minimum atomic E-state index is -0.760. The number of nitrogens with zero attached hydrogens (tertiary/aromatic N) is 3. The molecule has 0 aliphatic carbocycles. The van der Waals surface area contributed by atoms with E-state index in [0.29, 0.717) is 23.9 Å². The first kappa shape index (κ1) is 20.8. The molecule has 0 spiro atoms. The molecule has 4 heterocycles. The summed E-state index contributed by atoms with van der Waals surface area (Å²) in [4.78, 5) is 16.7. The van der Waals surface area contributed by atoms with Gasteiger partial charge in [0.25, 0.3) is 0 Å². The van der Waals surface area contributed by atoms with Crippen LogP contribution < -0.4 is 4.74 Å². The van der Waals surface area contributed by atoms with Crippen LogP contribution in [-0.2, 0) is 4.74 Å². The highest BCUT2D eigenvalue weighted by atomic mass is 35.5. The molecule has 3 atom stereocenters. The summed E-state index contributed by atoms with van der Waals surface area (Å²) >= 11 is 6.05. The van der Waals surface area contributed by atoms with Gasteiger partial charge in [-0.25, -0.2) is 9.97 Å². The first-order valence-electron chi connectivity index (χ1n) is 10.2. The highest BCUT2D eigenvalue weighted by Crippen LogP contribution is 2.25. The summed E-state index contributed by atoms with van der Waals surface area (Å²) in [5, 5.41) is 19.8. The minimum absolute atomic E-state index is 0.211. The number of pyridine rings is 2. The summed E-state index contributed by atoms with van der Waals surface area (Å²) in [7, 11) is 0. The second-order valence-corrected chi connectivity index (χ2v) is 8.10. The van der Waals surface area contributed by atoms with Gasteiger partial charge in [0.2, 0.25) is 5.88 Å². The van der Waals surface area contributed by atoms with Gasteiger partial charge in [-0.15, -0.1) is 0 Å². The third kappa shape index (κ3) is 4.31. The van der Waals surface area contributed by atoms with Gasteiger partial charge in [0.15, 0.2) is 0 Å². The van der Waals surface area contributed by atoms with Crippen LogP contribution in [0, 0.1) is 0 Å². The van der Waals surface area contributed by atoms with Crippen LogP contribution in [0.5, 0.6) is 5.88 Å². The Labute approximate surface area is 188 Å². The van der Waals surface area contributed by atoms with E-state index in [9.17, 15) is 5.11 Å². The Morgan fingerprint density at radius 1 is 1.09 bits per heavy atom. The highest BCUT2D eigenvalue weighted by molar-refractivity contribution is 6.31. The number of fused-ring (bicyclic) bond motifs is 1. The molecular weight excluding hydrogens is 432 g/mol. The van der Waals surface area contributed by atoms with E-state index < -0.39 is 12.2 Å². The third-order valence-electron chi connectivity index (χ3n) is 5.41. The molecule has 164 valence electrons. The number of hydrogen-bond acceptors (Lipinski definition) is 7. The first-order chi connectivity index (χ1) is 15.6. The standard InChI is InChI=1S/C23H21ClN4O4/c24-15-3-5-18-19(7-15)28-23(27-18)14-1-4-17(25-10-14)13-2-6-22(26-9-13)32-16-8-20(30)21(11-29)31-12-16/h1-7,9-10,16,20-21,29-30H,8,11-12H2,(H,27,28). The van der Waals surface area contributed by atoms with Gasteiger partial charge in [0, 0.05) is 41.0 Å². The fourth-order valence-electron chi connectivity index (χ4n) is 3.68. The number of aliphatic hydroxyl groups excluding tert-OH is 2. The quantitative estimate of drug-likeness (QED) is 0.426. The van der Waals surface area contributed by atoms with Crippen LogP contribution in [0.15, 0.2) is 54.9 Å². The number of halogens is 1. The number of aromatic amines is 1. The molecule has 0 radical (unpaired) electrons. The zero-order chi connectivity index (χ0) is 22.1. The molecule has 8 nitrogen and oxygen atoms in total. The van der Waals surface area contributed by atoms with Gasteiger partial charge in [-0.3, -0.25) is 4.98 Å². The molecule has 1 saturated heterocycles. The molecule has 1 aliphatic rings. The maximum Gasteiger partial charge on any atom is 0.213 e. The number of aliphatic hydroxyl groups is 2. The maximum atomic E-state index is 9.96. The topological polar surface area (TPSA) is 113 Å². The Bertz CT molecular complexity index is 1210. The summed E-state index contributed by atoms with van der Waals surface area (Å²) in [6.07, 6.45) is 2.20. The fourth-order valence-corrected chi connectivity index (χ4v) is 3.86. The Morgan fingerprint density at radius 2 is 1.94 bits per heavy atom. The van der Waals surface area contributed by atoms with Gasteiger partial charge >= 0.3 is 0 Å². The molecule has 0 bridgehead atoms. The molecule has 4 aromatic rings. The van der Waals surface area contributed by atoms with E-state index in [1.165, 1.54) is 0 Å². The van der Waals surface area contributed by atoms with Crippen molar-refractivity contribution in [1.29, 1.82) is 0 Å². The summed E-state index contributed by atoms with van der Waals surface area (Å²) in [6, 6.07) is 13.0. The molecule has 3 N–H and O–H groups in total. The molecule has 1 fully saturated rings. The van der Waals surface area contributed by atoms with Gasteiger partial charge < -0.3 is 24.7 Å². The zero-order valence-corrected chi connectivity index (χ0v) is 17.7. The molecule has 32 heavy (non-hydrogen) atoms. The van der Waals surface area contributed by atoms with Crippen LogP contribution in [0.25, 0.3) is 33.7 Å². The van der Waals surface area contributed by atoms with E-state index in [1.54, 1.807) is 18.5 Å². The lowest BCUT2D eigenvalue weighted by Crippen LogP contribution is -2.45. The minimum Gasteiger partial charge on any atom is -0.472 e. The van der Waals surface area contributed by atoms with E-state index in [-0.39, 0.29) is 12.7 Å². The lowest BCUT2D eigenvalue weighted by molar-refractivity contribution is -0.131. The Balaban J connectivity index is 1.27. The van der Waals surface area contributed by atoms with E-state index in [2.05, 4.69) is 19.9 Å². The zero-order valence-electron chi connectivity index (χ0n) is 17.0. The summed E-state index contributed by atoms with van der Waals surface area (Å²) < 4.78 is 11.2. The number of benzene rings is 1. The second-order valence-electron chi connectivity index (χ2n) is 7.66. The van der Waals surface area contributed by atoms with Gasteiger partial charge in [-0.05, 0) is 36.4 Å². The molecule has 1 aromatic carbocycles. The van der Waals surface area contributed by atoms with E-state index in [4.69, 9.17) is 26.2 Å². The van der Waals surface area contributed by atoms with Gasteiger partial charge in [-0.2, -0.15) is 0 Å². The number of rotatable bonds is 5. The fraction of sp³-hybridized carbons (Fsp3) is 0.261. The number of aromatic nitrogens is 4. The predicted molar refractivity (Wildman–Crippen MR) is 119 cm³/mol. The molecule has 3 unspecified atom stereocenters. The van der Waals surface area contributed by atoms with Crippen molar-refractivity contribution < 1.29 is 19.7 Å². The van der Waals surface area contributed by atoms with Crippen LogP contribution in [0.1, 0.15) is 6.42 Å². The average Bonchev–Trinajstić information content (AvgIpc) is 3.23. The average molecular weight is 453 g/mol. The number of hydrogen-bond donors (Lipinski definition) is 3. The summed E-state index contributed by atoms with van der Waals surface area (Å²) in [5.41, 5.74) is 4.20. The predicted octanol–water partition coefficient (Wildman–Crippen LogP) is 3.23. The molecule has 0 saturated carbocycles. The van der Waals surface area contributed by atoms with Gasteiger partial charge in [0.05, 0.1) is 36.0 Å². The van der Waals surface area contributed by atoms with Crippen molar-refractivity contribution in [3.05, 3.63) is 59.9 Å². The second kappa shape index (κ2) is 8.84. The molecule has 1 aliphatic heterocycles. The Hall–Kier alpha value is -3.04. The van der Waals surface area contributed by atoms with Crippen molar-refractivity contribution in [3.8, 4) is 28.5 Å². The van der Waals surface area contributed by atoms with Crippen molar-refractivity contribution in [2.45, 2.75) is 24.7 Å². The smallest absolute Gasteiger partial charge is 0.213 e. The number of ether oxygens (including phenoxy) is 2. The normalized spacial score (nSPS) is 21.0. The number of H-pyrrole nitrogens is 1. The van der Waals surface area contributed by atoms with Crippen LogP contribution >= 0.6 is 11.6 Å². The SMILES string of the molecule is OCC1OCC(Oc2ccc(-c3ccc(-c4nc5ccc(Cl)cc5[nH]4)cn3)cn2)CC1O. The summed E-state index contributed by atoms with van der Waals surface area (Å²) in [6.45, 7) is 0.0834. The Kier molecular flexibility index (Phi) is 5.75. The molecule has 5 rings (SSSR count). The van der Waals surface area contributed by atoms with Crippen LogP contribution in [0.3, 0.4) is 0 Å². The van der Waals surface area contributed by atoms with Crippen LogP contribution in [-0.4, -0.2) is 61.7 Å². The maximum absolute atomic E-state index is 9.96. The van der Waals surface area contributed by atoms with E-state index >= 15 is 0 Å². The monoisotopic (exact) mass is 452 g/mol. The number of imidazole rings is 1. The van der Waals surface area contributed by atoms with E-state index in [1.807, 2.05) is 36.4 Å². The lowest BCUT2D eigenvalue weighted by Gasteiger charge is -2.32. The van der Waals surface area contributed by atoms with Crippen LogP contribution in [0.4, 0.5) is 0 Å². The van der Waals surface area contributed by atoms with Crippen molar-refractivity contribution in [2.75, 3.05) is 13.2 Å². The van der Waals surface area contributed by atoms with Crippen molar-refractivity contribution in [2.24, 2.45) is 0 Å². The van der Waals surface area contributed by atoms with Crippen molar-refractivity contribution in [1.82, 2.24) is 19.9 Å². The first-order valence-corrected chi connectivity index (χ1v) is 10.6. The van der Waals surface area contributed by atoms with Gasteiger partial charge in [0.1, 0.15) is 18.0 Å². The van der Waals surface area contributed by atoms with E-state index in [0.717, 1.165) is 33.7 Å². The lowest BCUT2D eigenvalue weighted by atomic mass is 10.0. The Morgan fingerprint density at radius 3 is 2.66 bits per heavy atom. The highest BCUT2D eigenvalue weighted by Gasteiger charge is 2.30. The van der Waals surface area contributed by atoms with Crippen LogP contribution in [0.2, 0.25) is 5.02 Å². The molecular formula is C23H21ClN4O4. The van der Waals surface area contributed by atoms with Gasteiger partial charge in [-0.1, -0.05) is 11.6 Å². The molecule has 0 amide bonds. The van der Waals surface area contributed by atoms with Crippen molar-refractivity contribution >= 4 is 22.6 Å². The molecule has 3 aromatic heterocycles. The largest absolute Gasteiger partial charge is 0.472 e. The third-order valence-corrected chi connectivity index (χ3v) is 5.65. The summed E-state index contributed by atoms with van der Waals surface area (Å²) in [5.74, 6) is 1.16. The molecule has 9 heteroatoms.